The summed E-state index contributed by atoms with van der Waals surface area (Å²) in [6.07, 6.45) is 3.41. The third-order valence-corrected chi connectivity index (χ3v) is 3.45. The number of aromatic nitrogens is 6. The van der Waals surface area contributed by atoms with Gasteiger partial charge in [0.25, 0.3) is 0 Å². The Morgan fingerprint density at radius 2 is 2.15 bits per heavy atom. The summed E-state index contributed by atoms with van der Waals surface area (Å²) < 4.78 is 1.83. The fraction of sp³-hybridized carbons (Fsp3) is 0.0769. The molecule has 0 spiro atoms. The summed E-state index contributed by atoms with van der Waals surface area (Å²) in [5.74, 6) is 0. The number of nitrogens with zero attached hydrogens (tertiary/aromatic N) is 5. The monoisotopic (exact) mass is 284 g/mol. The summed E-state index contributed by atoms with van der Waals surface area (Å²) in [6.45, 7) is 0. The lowest BCUT2D eigenvalue weighted by atomic mass is 10.1. The van der Waals surface area contributed by atoms with E-state index in [1.54, 1.807) is 6.33 Å². The highest BCUT2D eigenvalue weighted by Crippen LogP contribution is 2.27. The van der Waals surface area contributed by atoms with Gasteiger partial charge in [-0.3, -0.25) is 4.68 Å². The molecular formula is C13H9ClN6. The number of aromatic amines is 1. The zero-order valence-electron chi connectivity index (χ0n) is 10.5. The first-order valence-corrected chi connectivity index (χ1v) is 6.39. The van der Waals surface area contributed by atoms with Gasteiger partial charge in [-0.05, 0) is 23.7 Å². The quantitative estimate of drug-likeness (QED) is 0.545. The van der Waals surface area contributed by atoms with Crippen LogP contribution in [0.3, 0.4) is 0 Å². The molecule has 20 heavy (non-hydrogen) atoms. The van der Waals surface area contributed by atoms with Gasteiger partial charge in [-0.2, -0.15) is 10.1 Å². The molecule has 0 radical (unpaired) electrons. The van der Waals surface area contributed by atoms with E-state index in [0.29, 0.717) is 5.65 Å². The van der Waals surface area contributed by atoms with E-state index < -0.39 is 0 Å². The van der Waals surface area contributed by atoms with Gasteiger partial charge in [0.15, 0.2) is 5.65 Å². The molecule has 0 amide bonds. The Morgan fingerprint density at radius 1 is 1.25 bits per heavy atom. The Kier molecular flexibility index (Phi) is 2.28. The second-order valence-electron chi connectivity index (χ2n) is 4.48. The minimum absolute atomic E-state index is 0.186. The van der Waals surface area contributed by atoms with Crippen molar-refractivity contribution in [2.45, 2.75) is 0 Å². The van der Waals surface area contributed by atoms with Gasteiger partial charge in [0.05, 0.1) is 18.0 Å². The molecule has 0 aliphatic heterocycles. The van der Waals surface area contributed by atoms with Crippen LogP contribution in [0.25, 0.3) is 33.3 Å². The molecule has 0 aliphatic carbocycles. The molecule has 0 unspecified atom stereocenters. The van der Waals surface area contributed by atoms with Crippen LogP contribution in [-0.2, 0) is 7.05 Å². The second-order valence-corrected chi connectivity index (χ2v) is 4.82. The summed E-state index contributed by atoms with van der Waals surface area (Å²) in [5, 5.41) is 5.47. The summed E-state index contributed by atoms with van der Waals surface area (Å²) in [7, 11) is 1.91. The number of nitrogens with one attached hydrogen (secondary N) is 1. The topological polar surface area (TPSA) is 72.3 Å². The van der Waals surface area contributed by atoms with Crippen molar-refractivity contribution in [2.75, 3.05) is 0 Å². The predicted octanol–water partition coefficient (Wildman–Crippen LogP) is 2.56. The van der Waals surface area contributed by atoms with E-state index in [1.165, 1.54) is 0 Å². The van der Waals surface area contributed by atoms with Crippen LogP contribution in [0.15, 0.2) is 30.7 Å². The first-order chi connectivity index (χ1) is 9.72. The van der Waals surface area contributed by atoms with E-state index >= 15 is 0 Å². The minimum atomic E-state index is 0.186. The Hall–Kier alpha value is -2.47. The predicted molar refractivity (Wildman–Crippen MR) is 76.4 cm³/mol. The van der Waals surface area contributed by atoms with Gasteiger partial charge < -0.3 is 4.98 Å². The van der Waals surface area contributed by atoms with Crippen molar-refractivity contribution in [3.05, 3.63) is 36.0 Å². The molecule has 0 atom stereocenters. The first-order valence-electron chi connectivity index (χ1n) is 6.01. The third-order valence-electron chi connectivity index (χ3n) is 3.28. The normalized spacial score (nSPS) is 11.5. The smallest absolute Gasteiger partial charge is 0.225 e. The van der Waals surface area contributed by atoms with Gasteiger partial charge in [0.2, 0.25) is 5.28 Å². The molecule has 1 N–H and O–H groups in total. The van der Waals surface area contributed by atoms with Gasteiger partial charge in [0.1, 0.15) is 11.2 Å². The average Bonchev–Trinajstić information content (AvgIpc) is 3.04. The van der Waals surface area contributed by atoms with Crippen LogP contribution in [0, 0.1) is 0 Å². The van der Waals surface area contributed by atoms with Crippen LogP contribution in [0.5, 0.6) is 0 Å². The lowest BCUT2D eigenvalue weighted by molar-refractivity contribution is 0.797. The zero-order chi connectivity index (χ0) is 13.7. The fourth-order valence-electron chi connectivity index (χ4n) is 2.33. The molecule has 0 bridgehead atoms. The number of benzene rings is 1. The average molecular weight is 285 g/mol. The summed E-state index contributed by atoms with van der Waals surface area (Å²) in [6, 6.07) is 6.03. The van der Waals surface area contributed by atoms with Crippen LogP contribution in [0.1, 0.15) is 0 Å². The Labute approximate surface area is 118 Å². The minimum Gasteiger partial charge on any atom is -0.341 e. The van der Waals surface area contributed by atoms with E-state index in [4.69, 9.17) is 11.6 Å². The highest BCUT2D eigenvalue weighted by atomic mass is 35.5. The molecule has 0 aliphatic rings. The maximum atomic E-state index is 5.96. The van der Waals surface area contributed by atoms with E-state index in [1.807, 2.05) is 36.1 Å². The SMILES string of the molecule is Cn1ncc2cc(-c3nc(Cl)nc4nc[nH]c34)ccc21. The molecule has 7 heteroatoms. The van der Waals surface area contributed by atoms with Crippen LogP contribution in [0.2, 0.25) is 5.28 Å². The summed E-state index contributed by atoms with van der Waals surface area (Å²) in [4.78, 5) is 15.6. The second kappa shape index (κ2) is 4.01. The fourth-order valence-corrected chi connectivity index (χ4v) is 2.49. The number of fused-ring (bicyclic) bond motifs is 2. The lowest BCUT2D eigenvalue weighted by Gasteiger charge is -2.03. The van der Waals surface area contributed by atoms with Crippen molar-refractivity contribution in [1.29, 1.82) is 0 Å². The Morgan fingerprint density at radius 3 is 3.05 bits per heavy atom. The highest BCUT2D eigenvalue weighted by Gasteiger charge is 2.12. The molecule has 4 rings (SSSR count). The van der Waals surface area contributed by atoms with Crippen molar-refractivity contribution in [2.24, 2.45) is 7.05 Å². The molecule has 98 valence electrons. The first kappa shape index (κ1) is 11.4. The van der Waals surface area contributed by atoms with Gasteiger partial charge in [-0.25, -0.2) is 9.97 Å². The maximum absolute atomic E-state index is 5.96. The van der Waals surface area contributed by atoms with Gasteiger partial charge in [-0.1, -0.05) is 6.07 Å². The lowest BCUT2D eigenvalue weighted by Crippen LogP contribution is -1.91. The van der Waals surface area contributed by atoms with Crippen molar-refractivity contribution in [3.63, 3.8) is 0 Å². The maximum Gasteiger partial charge on any atom is 0.225 e. The molecule has 4 aromatic rings. The molecule has 0 fully saturated rings. The third kappa shape index (κ3) is 1.58. The molecule has 3 aromatic heterocycles. The van der Waals surface area contributed by atoms with Crippen molar-refractivity contribution < 1.29 is 0 Å². The number of H-pyrrole nitrogens is 1. The molecule has 1 aromatic carbocycles. The van der Waals surface area contributed by atoms with E-state index in [9.17, 15) is 0 Å². The molecule has 3 heterocycles. The van der Waals surface area contributed by atoms with E-state index in [-0.39, 0.29) is 5.28 Å². The molecule has 6 nitrogen and oxygen atoms in total. The van der Waals surface area contributed by atoms with Crippen molar-refractivity contribution in [3.8, 4) is 11.3 Å². The summed E-state index contributed by atoms with van der Waals surface area (Å²) in [5.41, 5.74) is 4.09. The zero-order valence-corrected chi connectivity index (χ0v) is 11.3. The van der Waals surface area contributed by atoms with Crippen molar-refractivity contribution >= 4 is 33.7 Å². The number of rotatable bonds is 1. The number of halogens is 1. The van der Waals surface area contributed by atoms with Crippen LogP contribution < -0.4 is 0 Å². The van der Waals surface area contributed by atoms with Gasteiger partial charge in [0, 0.05) is 18.0 Å². The number of aryl methyl sites for hydroxylation is 1. The Bertz CT molecular complexity index is 938. The summed E-state index contributed by atoms with van der Waals surface area (Å²) >= 11 is 5.96. The van der Waals surface area contributed by atoms with Crippen LogP contribution >= 0.6 is 11.6 Å². The molecule has 0 saturated carbocycles. The largest absolute Gasteiger partial charge is 0.341 e. The van der Waals surface area contributed by atoms with E-state index in [2.05, 4.69) is 25.0 Å². The van der Waals surface area contributed by atoms with Gasteiger partial charge >= 0.3 is 0 Å². The number of hydrogen-bond donors (Lipinski definition) is 1. The molecular weight excluding hydrogens is 276 g/mol. The molecule has 0 saturated heterocycles. The van der Waals surface area contributed by atoms with Crippen molar-refractivity contribution in [1.82, 2.24) is 29.7 Å². The standard InChI is InChI=1S/C13H9ClN6/c1-20-9-3-2-7(4-8(9)5-17-20)10-11-12(16-6-15-11)19-13(14)18-10/h2-6H,1H3,(H,15,16,18,19). The van der Waals surface area contributed by atoms with Crippen LogP contribution in [-0.4, -0.2) is 29.7 Å². The van der Waals surface area contributed by atoms with Crippen LogP contribution in [0.4, 0.5) is 0 Å². The Balaban J connectivity index is 2.02. The highest BCUT2D eigenvalue weighted by molar-refractivity contribution is 6.28. The van der Waals surface area contributed by atoms with E-state index in [0.717, 1.165) is 27.7 Å². The number of hydrogen-bond acceptors (Lipinski definition) is 4. The van der Waals surface area contributed by atoms with Gasteiger partial charge in [-0.15, -0.1) is 0 Å². The number of imidazole rings is 1.